The van der Waals surface area contributed by atoms with E-state index >= 15 is 0 Å². The highest BCUT2D eigenvalue weighted by atomic mass is 16.5. The molecule has 1 aliphatic heterocycles. The Kier molecular flexibility index (Phi) is 8.54. The van der Waals surface area contributed by atoms with Crippen molar-refractivity contribution in [2.45, 2.75) is 0 Å². The lowest BCUT2D eigenvalue weighted by Crippen LogP contribution is -2.36. The smallest absolute Gasteiger partial charge is 0.140 e. The lowest BCUT2D eigenvalue weighted by molar-refractivity contribution is 0.122. The van der Waals surface area contributed by atoms with E-state index in [9.17, 15) is 0 Å². The molecule has 0 radical (unpaired) electrons. The number of nitrogens with zero attached hydrogens (tertiary/aromatic N) is 1. The topological polar surface area (TPSA) is 21.7 Å². The van der Waals surface area contributed by atoms with Crippen molar-refractivity contribution in [3.05, 3.63) is 24.3 Å². The average Bonchev–Trinajstić information content (AvgIpc) is 2.72. The zero-order chi connectivity index (χ0) is 19.0. The summed E-state index contributed by atoms with van der Waals surface area (Å²) in [5.41, 5.74) is 1.14. The van der Waals surface area contributed by atoms with Crippen molar-refractivity contribution in [2.24, 2.45) is 0 Å². The molecule has 0 unspecified atom stereocenters. The zero-order valence-electron chi connectivity index (χ0n) is 14.5. The average molecular weight is 347 g/mol. The quantitative estimate of drug-likeness (QED) is 0.757. The molecule has 27 heavy (non-hydrogen) atoms. The van der Waals surface area contributed by atoms with Crippen LogP contribution in [-0.4, -0.2) is 26.3 Å². The van der Waals surface area contributed by atoms with E-state index in [1.54, 1.807) is 0 Å². The van der Waals surface area contributed by atoms with E-state index in [-0.39, 0.29) is 0 Å². The molecule has 0 spiro atoms. The highest BCUT2D eigenvalue weighted by Crippen LogP contribution is 2.20. The number of anilines is 1. The third-order valence-electron chi connectivity index (χ3n) is 3.13. The van der Waals surface area contributed by atoms with Gasteiger partial charge in [-0.25, -0.2) is 0 Å². The molecule has 0 aromatic heterocycles. The van der Waals surface area contributed by atoms with Gasteiger partial charge in [0.1, 0.15) is 11.9 Å². The summed E-state index contributed by atoms with van der Waals surface area (Å²) in [4.78, 5) is 2.27. The summed E-state index contributed by atoms with van der Waals surface area (Å²) < 4.78 is 10.7. The first-order valence-electron chi connectivity index (χ1n) is 7.95. The highest BCUT2D eigenvalue weighted by Gasteiger charge is 2.10. The first-order valence-corrected chi connectivity index (χ1v) is 7.95. The van der Waals surface area contributed by atoms with E-state index in [4.69, 9.17) is 15.9 Å². The summed E-state index contributed by atoms with van der Waals surface area (Å²) in [6, 6.07) is 7.74. The second-order valence-electron chi connectivity index (χ2n) is 4.82. The molecule has 0 bridgehead atoms. The molecule has 126 valence electrons. The summed E-state index contributed by atoms with van der Waals surface area (Å²) in [6.07, 6.45) is 7.45. The third-order valence-corrected chi connectivity index (χ3v) is 3.13. The molecule has 1 saturated heterocycles. The molecule has 1 aromatic carbocycles. The summed E-state index contributed by atoms with van der Waals surface area (Å²) in [7, 11) is 0. The number of rotatable bonds is 2. The van der Waals surface area contributed by atoms with Crippen molar-refractivity contribution in [3.63, 3.8) is 0 Å². The van der Waals surface area contributed by atoms with Gasteiger partial charge < -0.3 is 14.4 Å². The Balaban J connectivity index is 1.79. The Hall–Kier alpha value is -4.30. The lowest BCUT2D eigenvalue weighted by atomic mass is 10.2. The number of ether oxygens (including phenoxy) is 2. The maximum atomic E-state index is 5.34. The van der Waals surface area contributed by atoms with Crippen LogP contribution in [0.3, 0.4) is 0 Å². The van der Waals surface area contributed by atoms with Crippen molar-refractivity contribution in [2.75, 3.05) is 31.2 Å². The Bertz CT molecular complexity index is 1060. The van der Waals surface area contributed by atoms with Gasteiger partial charge in [0.25, 0.3) is 0 Å². The Morgan fingerprint density at radius 1 is 0.741 bits per heavy atom. The largest absolute Gasteiger partial charge is 0.407 e. The van der Waals surface area contributed by atoms with Crippen LogP contribution in [0.25, 0.3) is 0 Å². The van der Waals surface area contributed by atoms with Crippen LogP contribution >= 0.6 is 0 Å². The van der Waals surface area contributed by atoms with Crippen LogP contribution in [0, 0.1) is 83.6 Å². The van der Waals surface area contributed by atoms with E-state index in [0.29, 0.717) is 5.75 Å². The van der Waals surface area contributed by atoms with E-state index in [0.717, 1.165) is 32.0 Å². The van der Waals surface area contributed by atoms with Gasteiger partial charge in [0.2, 0.25) is 0 Å². The van der Waals surface area contributed by atoms with E-state index in [2.05, 4.69) is 82.1 Å². The maximum Gasteiger partial charge on any atom is 0.140 e. The molecule has 1 aromatic rings. The highest BCUT2D eigenvalue weighted by molar-refractivity contribution is 5.50. The Morgan fingerprint density at radius 2 is 1.26 bits per heavy atom. The van der Waals surface area contributed by atoms with Gasteiger partial charge in [0, 0.05) is 54.3 Å². The van der Waals surface area contributed by atoms with Crippen LogP contribution in [0.4, 0.5) is 5.69 Å². The summed E-state index contributed by atoms with van der Waals surface area (Å²) in [5, 5.41) is 0. The fraction of sp³-hybridized carbons (Fsp3) is 0.167. The van der Waals surface area contributed by atoms with Gasteiger partial charge in [-0.1, -0.05) is 0 Å². The summed E-state index contributed by atoms with van der Waals surface area (Å²) >= 11 is 0. The van der Waals surface area contributed by atoms with Crippen LogP contribution < -0.4 is 9.64 Å². The minimum atomic E-state index is 0.657. The van der Waals surface area contributed by atoms with Gasteiger partial charge >= 0.3 is 0 Å². The van der Waals surface area contributed by atoms with Crippen LogP contribution in [0.5, 0.6) is 5.75 Å². The fourth-order valence-electron chi connectivity index (χ4n) is 1.97. The molecule has 0 N–H and O–H groups in total. The molecule has 1 heterocycles. The molecular formula is C24H13NO2. The second-order valence-corrected chi connectivity index (χ2v) is 4.82. The molecule has 3 heteroatoms. The minimum absolute atomic E-state index is 0.657. The first kappa shape index (κ1) is 19.0. The number of morpholine rings is 1. The molecule has 1 fully saturated rings. The van der Waals surface area contributed by atoms with E-state index in [1.807, 2.05) is 24.3 Å². The van der Waals surface area contributed by atoms with Gasteiger partial charge in [0.05, 0.1) is 13.2 Å². The minimum Gasteiger partial charge on any atom is -0.407 e. The van der Waals surface area contributed by atoms with Crippen LogP contribution in [0.2, 0.25) is 0 Å². The Morgan fingerprint density at radius 3 is 1.81 bits per heavy atom. The van der Waals surface area contributed by atoms with Crippen LogP contribution in [0.15, 0.2) is 24.3 Å². The number of terminal acetylenes is 1. The third kappa shape index (κ3) is 7.88. The predicted octanol–water partition coefficient (Wildman–Crippen LogP) is 1.51. The van der Waals surface area contributed by atoms with Crippen LogP contribution in [-0.2, 0) is 4.74 Å². The van der Waals surface area contributed by atoms with Crippen molar-refractivity contribution < 1.29 is 9.47 Å². The number of hydrogen-bond donors (Lipinski definition) is 0. The standard InChI is InChI=1S/C24H13NO2/c1-2-3-4-5-6-7-8-9-10-11-12-13-20-27-24-16-14-23(15-17-24)25-18-21-26-22-19-25/h1,14-17H,18-19,21-22H2. The van der Waals surface area contributed by atoms with Crippen molar-refractivity contribution in [3.8, 4) is 89.3 Å². The molecule has 1 aliphatic rings. The van der Waals surface area contributed by atoms with Gasteiger partial charge in [-0.3, -0.25) is 0 Å². The summed E-state index contributed by atoms with van der Waals surface area (Å²) in [5.74, 6) is 30.3. The van der Waals surface area contributed by atoms with Crippen molar-refractivity contribution >= 4 is 5.69 Å². The van der Waals surface area contributed by atoms with Crippen molar-refractivity contribution in [1.29, 1.82) is 0 Å². The maximum absolute atomic E-state index is 5.34. The van der Waals surface area contributed by atoms with Gasteiger partial charge in [-0.15, -0.1) is 6.42 Å². The van der Waals surface area contributed by atoms with Gasteiger partial charge in [-0.05, 0) is 59.8 Å². The molecule has 0 amide bonds. The number of hydrogen-bond acceptors (Lipinski definition) is 3. The second kappa shape index (κ2) is 12.1. The number of benzene rings is 1. The fourth-order valence-corrected chi connectivity index (χ4v) is 1.97. The Labute approximate surface area is 160 Å². The molecule has 3 nitrogen and oxygen atoms in total. The summed E-state index contributed by atoms with van der Waals surface area (Å²) in [6.45, 7) is 3.30. The van der Waals surface area contributed by atoms with Gasteiger partial charge in [0.15, 0.2) is 0 Å². The predicted molar refractivity (Wildman–Crippen MR) is 106 cm³/mol. The van der Waals surface area contributed by atoms with E-state index in [1.165, 1.54) is 0 Å². The SMILES string of the molecule is C#CC#CC#CC#CC#CC#CC#COc1ccc(N2CCOCC2)cc1. The normalized spacial score (nSPS) is 10.6. The zero-order valence-corrected chi connectivity index (χ0v) is 14.5. The molecule has 0 aliphatic carbocycles. The van der Waals surface area contributed by atoms with Crippen LogP contribution in [0.1, 0.15) is 0 Å². The molecule has 2 rings (SSSR count). The monoisotopic (exact) mass is 347 g/mol. The first-order chi connectivity index (χ1) is 13.4. The van der Waals surface area contributed by atoms with Crippen molar-refractivity contribution in [1.82, 2.24) is 0 Å². The lowest BCUT2D eigenvalue weighted by Gasteiger charge is -2.28. The van der Waals surface area contributed by atoms with E-state index < -0.39 is 0 Å². The molecule has 0 atom stereocenters. The van der Waals surface area contributed by atoms with Gasteiger partial charge in [-0.2, -0.15) is 0 Å². The molecule has 0 saturated carbocycles. The molecular weight excluding hydrogens is 334 g/mol.